The van der Waals surface area contributed by atoms with Crippen molar-refractivity contribution in [2.45, 2.75) is 19.8 Å². The molecular formula is C21H28N2O3. The molecule has 0 unspecified atom stereocenters. The van der Waals surface area contributed by atoms with Crippen LogP contribution >= 0.6 is 0 Å². The van der Waals surface area contributed by atoms with Crippen LogP contribution in [0.3, 0.4) is 0 Å². The fraction of sp³-hybridized carbons (Fsp3) is 0.476. The summed E-state index contributed by atoms with van der Waals surface area (Å²) in [5.41, 5.74) is 1.67. The van der Waals surface area contributed by atoms with Gasteiger partial charge in [0.1, 0.15) is 11.5 Å². The van der Waals surface area contributed by atoms with E-state index < -0.39 is 0 Å². The molecule has 0 radical (unpaired) electrons. The van der Waals surface area contributed by atoms with Crippen LogP contribution in [0.15, 0.2) is 40.8 Å². The molecule has 0 aliphatic carbocycles. The number of furan rings is 1. The fourth-order valence-electron chi connectivity index (χ4n) is 3.43. The molecule has 1 saturated heterocycles. The quantitative estimate of drug-likeness (QED) is 0.737. The summed E-state index contributed by atoms with van der Waals surface area (Å²) in [5, 5.41) is 3.08. The average Bonchev–Trinajstić information content (AvgIpc) is 3.29. The van der Waals surface area contributed by atoms with Gasteiger partial charge >= 0.3 is 0 Å². The van der Waals surface area contributed by atoms with Gasteiger partial charge in [-0.05, 0) is 56.5 Å². The molecule has 1 fully saturated rings. The molecule has 2 heterocycles. The maximum Gasteiger partial charge on any atom is 0.251 e. The number of rotatable bonds is 8. The van der Waals surface area contributed by atoms with Gasteiger partial charge in [0, 0.05) is 44.5 Å². The van der Waals surface area contributed by atoms with Gasteiger partial charge in [-0.1, -0.05) is 12.1 Å². The lowest BCUT2D eigenvalue weighted by Crippen LogP contribution is -2.31. The number of ether oxygens (including phenoxy) is 1. The van der Waals surface area contributed by atoms with Crippen LogP contribution in [-0.2, 0) is 4.74 Å². The third-order valence-electron chi connectivity index (χ3n) is 4.92. The van der Waals surface area contributed by atoms with Crippen molar-refractivity contribution in [1.29, 1.82) is 0 Å². The van der Waals surface area contributed by atoms with Gasteiger partial charge in [-0.2, -0.15) is 0 Å². The van der Waals surface area contributed by atoms with E-state index >= 15 is 0 Å². The first kappa shape index (κ1) is 18.7. The highest BCUT2D eigenvalue weighted by molar-refractivity contribution is 5.94. The minimum atomic E-state index is -0.00925. The lowest BCUT2D eigenvalue weighted by atomic mass is 10.1. The largest absolute Gasteiger partial charge is 0.461 e. The summed E-state index contributed by atoms with van der Waals surface area (Å²) in [6.45, 7) is 6.71. The summed E-state index contributed by atoms with van der Waals surface area (Å²) in [6, 6.07) is 11.5. The van der Waals surface area contributed by atoms with Crippen molar-refractivity contribution in [3.63, 3.8) is 0 Å². The molecule has 0 bridgehead atoms. The number of nitrogens with zero attached hydrogens (tertiary/aromatic N) is 1. The second-order valence-corrected chi connectivity index (χ2v) is 7.00. The molecule has 140 valence electrons. The number of aryl methyl sites for hydroxylation is 1. The van der Waals surface area contributed by atoms with Crippen molar-refractivity contribution < 1.29 is 13.9 Å². The SMILES string of the molecule is COCCCN1CC[C@H](CNC(=O)c2ccc(-c3ccc(C)o3)cc2)C1. The summed E-state index contributed by atoms with van der Waals surface area (Å²) < 4.78 is 10.7. The van der Waals surface area contributed by atoms with Crippen LogP contribution < -0.4 is 5.32 Å². The van der Waals surface area contributed by atoms with Crippen molar-refractivity contribution >= 4 is 5.91 Å². The molecule has 5 nitrogen and oxygen atoms in total. The monoisotopic (exact) mass is 356 g/mol. The zero-order valence-corrected chi connectivity index (χ0v) is 15.7. The van der Waals surface area contributed by atoms with E-state index in [2.05, 4.69) is 10.2 Å². The highest BCUT2D eigenvalue weighted by atomic mass is 16.5. The summed E-state index contributed by atoms with van der Waals surface area (Å²) in [4.78, 5) is 14.8. The van der Waals surface area contributed by atoms with Gasteiger partial charge in [0.2, 0.25) is 0 Å². The van der Waals surface area contributed by atoms with Crippen molar-refractivity contribution in [3.05, 3.63) is 47.7 Å². The smallest absolute Gasteiger partial charge is 0.251 e. The molecule has 1 aliphatic rings. The second kappa shape index (κ2) is 9.01. The Hall–Kier alpha value is -2.11. The first-order valence-corrected chi connectivity index (χ1v) is 9.32. The van der Waals surface area contributed by atoms with Crippen LogP contribution in [0.2, 0.25) is 0 Å². The Morgan fingerprint density at radius 2 is 2.08 bits per heavy atom. The summed E-state index contributed by atoms with van der Waals surface area (Å²) in [7, 11) is 1.74. The van der Waals surface area contributed by atoms with Crippen molar-refractivity contribution in [1.82, 2.24) is 10.2 Å². The van der Waals surface area contributed by atoms with Gasteiger partial charge in [-0.25, -0.2) is 0 Å². The van der Waals surface area contributed by atoms with E-state index in [0.717, 1.165) is 62.7 Å². The van der Waals surface area contributed by atoms with E-state index in [0.29, 0.717) is 11.5 Å². The molecule has 0 spiro atoms. The summed E-state index contributed by atoms with van der Waals surface area (Å²) >= 11 is 0. The normalized spacial score (nSPS) is 17.5. The molecule has 26 heavy (non-hydrogen) atoms. The number of carbonyl (C=O) groups is 1. The molecule has 1 aliphatic heterocycles. The molecule has 1 amide bonds. The maximum atomic E-state index is 12.4. The van der Waals surface area contributed by atoms with Gasteiger partial charge in [-0.15, -0.1) is 0 Å². The summed E-state index contributed by atoms with van der Waals surface area (Å²) in [5.74, 6) is 2.24. The van der Waals surface area contributed by atoms with Crippen LogP contribution in [0.5, 0.6) is 0 Å². The number of carbonyl (C=O) groups excluding carboxylic acids is 1. The lowest BCUT2D eigenvalue weighted by molar-refractivity contribution is 0.0947. The van der Waals surface area contributed by atoms with Crippen LogP contribution in [0.4, 0.5) is 0 Å². The first-order valence-electron chi connectivity index (χ1n) is 9.32. The number of amides is 1. The first-order chi connectivity index (χ1) is 12.7. The molecule has 5 heteroatoms. The third kappa shape index (κ3) is 4.96. The van der Waals surface area contributed by atoms with Crippen molar-refractivity contribution in [2.75, 3.05) is 39.9 Å². The predicted octanol–water partition coefficient (Wildman–Crippen LogP) is 3.34. The van der Waals surface area contributed by atoms with E-state index in [4.69, 9.17) is 9.15 Å². The molecule has 1 N–H and O–H groups in total. The van der Waals surface area contributed by atoms with Crippen molar-refractivity contribution in [2.24, 2.45) is 5.92 Å². The Kier molecular flexibility index (Phi) is 6.47. The van der Waals surface area contributed by atoms with Crippen LogP contribution in [0.1, 0.15) is 29.0 Å². The van der Waals surface area contributed by atoms with E-state index in [1.165, 1.54) is 0 Å². The minimum absolute atomic E-state index is 0.00925. The molecule has 1 aromatic heterocycles. The zero-order chi connectivity index (χ0) is 18.4. The Bertz CT molecular complexity index is 708. The van der Waals surface area contributed by atoms with Gasteiger partial charge in [0.05, 0.1) is 0 Å². The fourth-order valence-corrected chi connectivity index (χ4v) is 3.43. The van der Waals surface area contributed by atoms with E-state index in [1.54, 1.807) is 7.11 Å². The number of hydrogen-bond donors (Lipinski definition) is 1. The number of benzene rings is 1. The van der Waals surface area contributed by atoms with Gasteiger partial charge < -0.3 is 19.4 Å². The topological polar surface area (TPSA) is 54.7 Å². The Morgan fingerprint density at radius 1 is 1.27 bits per heavy atom. The number of hydrogen-bond acceptors (Lipinski definition) is 4. The molecule has 0 saturated carbocycles. The second-order valence-electron chi connectivity index (χ2n) is 7.00. The highest BCUT2D eigenvalue weighted by Crippen LogP contribution is 2.22. The van der Waals surface area contributed by atoms with E-state index in [-0.39, 0.29) is 5.91 Å². The highest BCUT2D eigenvalue weighted by Gasteiger charge is 2.22. The average molecular weight is 356 g/mol. The van der Waals surface area contributed by atoms with Gasteiger partial charge in [0.25, 0.3) is 5.91 Å². The number of nitrogens with one attached hydrogen (secondary N) is 1. The zero-order valence-electron chi connectivity index (χ0n) is 15.7. The van der Waals surface area contributed by atoms with Crippen LogP contribution in [0.25, 0.3) is 11.3 Å². The van der Waals surface area contributed by atoms with E-state index in [9.17, 15) is 4.79 Å². The molecule has 1 atom stereocenters. The maximum absolute atomic E-state index is 12.4. The number of likely N-dealkylation sites (tertiary alicyclic amines) is 1. The van der Waals surface area contributed by atoms with Gasteiger partial charge in [0.15, 0.2) is 0 Å². The molecular weight excluding hydrogens is 328 g/mol. The Morgan fingerprint density at radius 3 is 2.77 bits per heavy atom. The Labute approximate surface area is 155 Å². The molecule has 3 rings (SSSR count). The van der Waals surface area contributed by atoms with E-state index in [1.807, 2.05) is 43.3 Å². The number of methoxy groups -OCH3 is 1. The van der Waals surface area contributed by atoms with Crippen LogP contribution in [0, 0.1) is 12.8 Å². The third-order valence-corrected chi connectivity index (χ3v) is 4.92. The van der Waals surface area contributed by atoms with Gasteiger partial charge in [-0.3, -0.25) is 4.79 Å². The standard InChI is InChI=1S/C21H28N2O3/c1-16-4-9-20(26-16)18-5-7-19(8-6-18)21(24)22-14-17-10-12-23(15-17)11-3-13-25-2/h4-9,17H,3,10-15H2,1-2H3,(H,22,24)/t17-/m1/s1. The lowest BCUT2D eigenvalue weighted by Gasteiger charge is -2.16. The van der Waals surface area contributed by atoms with Crippen LogP contribution in [-0.4, -0.2) is 50.7 Å². The summed E-state index contributed by atoms with van der Waals surface area (Å²) in [6.07, 6.45) is 2.21. The Balaban J connectivity index is 1.45. The van der Waals surface area contributed by atoms with Crippen molar-refractivity contribution in [3.8, 4) is 11.3 Å². The predicted molar refractivity (Wildman–Crippen MR) is 102 cm³/mol. The molecule has 2 aromatic rings. The minimum Gasteiger partial charge on any atom is -0.461 e. The molecule has 1 aromatic carbocycles.